The zero-order valence-corrected chi connectivity index (χ0v) is 14.4. The molecule has 2 aliphatic heterocycles. The Bertz CT molecular complexity index is 606. The van der Waals surface area contributed by atoms with Crippen LogP contribution in [0.5, 0.6) is 0 Å². The van der Waals surface area contributed by atoms with E-state index in [0.29, 0.717) is 17.5 Å². The lowest BCUT2D eigenvalue weighted by Crippen LogP contribution is -2.50. The van der Waals surface area contributed by atoms with Gasteiger partial charge in [0, 0.05) is 25.7 Å². The van der Waals surface area contributed by atoms with Gasteiger partial charge in [0.15, 0.2) is 9.84 Å². The highest BCUT2D eigenvalue weighted by molar-refractivity contribution is 7.91. The van der Waals surface area contributed by atoms with Crippen molar-refractivity contribution in [1.82, 2.24) is 9.80 Å². The molecule has 0 aliphatic carbocycles. The Kier molecular flexibility index (Phi) is 5.51. The van der Waals surface area contributed by atoms with Gasteiger partial charge < -0.3 is 0 Å². The van der Waals surface area contributed by atoms with Crippen molar-refractivity contribution in [1.29, 1.82) is 0 Å². The van der Waals surface area contributed by atoms with Gasteiger partial charge in [-0.05, 0) is 31.5 Å². The minimum absolute atomic E-state index is 0.340. The minimum atomic E-state index is -2.76. The first kappa shape index (κ1) is 16.7. The largest absolute Gasteiger partial charge is 0.300 e. The monoisotopic (exact) mass is 334 g/mol. The van der Waals surface area contributed by atoms with Crippen molar-refractivity contribution in [2.45, 2.75) is 18.9 Å². The van der Waals surface area contributed by atoms with Gasteiger partial charge in [0.05, 0.1) is 11.5 Å². The number of hydrogen-bond acceptors (Lipinski definition) is 4. The number of likely N-dealkylation sites (tertiary alicyclic amines) is 1. The fourth-order valence-electron chi connectivity index (χ4n) is 3.46. The quantitative estimate of drug-likeness (QED) is 0.843. The second kappa shape index (κ2) is 7.60. The van der Waals surface area contributed by atoms with E-state index in [0.717, 1.165) is 45.6 Å². The van der Waals surface area contributed by atoms with Gasteiger partial charge in [0.25, 0.3) is 0 Å². The number of rotatable bonds is 4. The second-order valence-electron chi connectivity index (χ2n) is 6.53. The van der Waals surface area contributed by atoms with Crippen molar-refractivity contribution in [2.24, 2.45) is 0 Å². The van der Waals surface area contributed by atoms with E-state index in [-0.39, 0.29) is 0 Å². The summed E-state index contributed by atoms with van der Waals surface area (Å²) in [6, 6.07) is 11.0. The van der Waals surface area contributed by atoms with Crippen LogP contribution in [0.25, 0.3) is 6.08 Å². The summed E-state index contributed by atoms with van der Waals surface area (Å²) in [5.41, 5.74) is 1.25. The van der Waals surface area contributed by atoms with E-state index in [2.05, 4.69) is 46.2 Å². The number of sulfone groups is 1. The zero-order valence-electron chi connectivity index (χ0n) is 13.6. The molecule has 126 valence electrons. The predicted octanol–water partition coefficient (Wildman–Crippen LogP) is 1.89. The molecule has 0 spiro atoms. The molecule has 0 atom stereocenters. The van der Waals surface area contributed by atoms with E-state index in [1.807, 2.05) is 6.07 Å². The molecule has 0 amide bonds. The zero-order chi connectivity index (χ0) is 16.1. The topological polar surface area (TPSA) is 40.6 Å². The summed E-state index contributed by atoms with van der Waals surface area (Å²) in [7, 11) is -2.76. The summed E-state index contributed by atoms with van der Waals surface area (Å²) in [4.78, 5) is 4.87. The highest BCUT2D eigenvalue weighted by Gasteiger charge is 2.29. The van der Waals surface area contributed by atoms with E-state index >= 15 is 0 Å². The van der Waals surface area contributed by atoms with Crippen LogP contribution in [0.3, 0.4) is 0 Å². The van der Waals surface area contributed by atoms with Gasteiger partial charge in [-0.25, -0.2) is 8.42 Å². The van der Waals surface area contributed by atoms with Gasteiger partial charge in [0.2, 0.25) is 0 Å². The lowest BCUT2D eigenvalue weighted by molar-refractivity contribution is 0.122. The van der Waals surface area contributed by atoms with Crippen molar-refractivity contribution in [3.8, 4) is 0 Å². The van der Waals surface area contributed by atoms with E-state index in [1.165, 1.54) is 5.56 Å². The van der Waals surface area contributed by atoms with Gasteiger partial charge in [-0.15, -0.1) is 0 Å². The van der Waals surface area contributed by atoms with Crippen molar-refractivity contribution in [3.05, 3.63) is 42.0 Å². The smallest absolute Gasteiger partial charge is 0.152 e. The Labute approximate surface area is 139 Å². The lowest BCUT2D eigenvalue weighted by atomic mass is 10.0. The molecule has 23 heavy (non-hydrogen) atoms. The van der Waals surface area contributed by atoms with Crippen LogP contribution in [-0.2, 0) is 9.84 Å². The molecule has 2 fully saturated rings. The maximum atomic E-state index is 11.5. The SMILES string of the molecule is O=S1(=O)CCN(C2CCN(CC=Cc3ccccc3)CC2)CC1. The molecular formula is C18H26N2O2S. The molecule has 2 saturated heterocycles. The fourth-order valence-corrected chi connectivity index (χ4v) is 4.69. The molecule has 2 heterocycles. The van der Waals surface area contributed by atoms with Crippen LogP contribution >= 0.6 is 0 Å². The maximum absolute atomic E-state index is 11.5. The van der Waals surface area contributed by atoms with Gasteiger partial charge in [0.1, 0.15) is 0 Å². The van der Waals surface area contributed by atoms with Crippen LogP contribution in [0.15, 0.2) is 36.4 Å². The van der Waals surface area contributed by atoms with Gasteiger partial charge in [-0.2, -0.15) is 0 Å². The molecular weight excluding hydrogens is 308 g/mol. The second-order valence-corrected chi connectivity index (χ2v) is 8.84. The summed E-state index contributed by atoms with van der Waals surface area (Å²) in [5.74, 6) is 0.681. The highest BCUT2D eigenvalue weighted by Crippen LogP contribution is 2.19. The first-order chi connectivity index (χ1) is 11.1. The summed E-state index contributed by atoms with van der Waals surface area (Å²) < 4.78 is 23.0. The molecule has 5 heteroatoms. The Morgan fingerprint density at radius 1 is 1.00 bits per heavy atom. The molecule has 0 bridgehead atoms. The van der Waals surface area contributed by atoms with Crippen LogP contribution in [0.2, 0.25) is 0 Å². The summed E-state index contributed by atoms with van der Waals surface area (Å²) in [6.45, 7) is 4.65. The third-order valence-corrected chi connectivity index (χ3v) is 6.54. The van der Waals surface area contributed by atoms with E-state index in [1.54, 1.807) is 0 Å². The normalized spacial score (nSPS) is 24.2. The van der Waals surface area contributed by atoms with Crippen LogP contribution < -0.4 is 0 Å². The van der Waals surface area contributed by atoms with Crippen molar-refractivity contribution in [3.63, 3.8) is 0 Å². The van der Waals surface area contributed by atoms with Crippen LogP contribution in [-0.4, -0.2) is 68.5 Å². The minimum Gasteiger partial charge on any atom is -0.300 e. The number of nitrogens with zero attached hydrogens (tertiary/aromatic N) is 2. The van der Waals surface area contributed by atoms with Gasteiger partial charge in [-0.3, -0.25) is 9.80 Å². The Balaban J connectivity index is 1.41. The summed E-state index contributed by atoms with van der Waals surface area (Å²) in [6.07, 6.45) is 6.73. The Morgan fingerprint density at radius 2 is 1.65 bits per heavy atom. The Hall–Kier alpha value is -1.17. The molecule has 0 aromatic heterocycles. The van der Waals surface area contributed by atoms with E-state index in [9.17, 15) is 8.42 Å². The van der Waals surface area contributed by atoms with Crippen molar-refractivity contribution >= 4 is 15.9 Å². The van der Waals surface area contributed by atoms with E-state index in [4.69, 9.17) is 0 Å². The molecule has 0 saturated carbocycles. The van der Waals surface area contributed by atoms with Crippen LogP contribution in [0.4, 0.5) is 0 Å². The van der Waals surface area contributed by atoms with Crippen molar-refractivity contribution < 1.29 is 8.42 Å². The van der Waals surface area contributed by atoms with Crippen molar-refractivity contribution in [2.75, 3.05) is 44.2 Å². The fraction of sp³-hybridized carbons (Fsp3) is 0.556. The third-order valence-electron chi connectivity index (χ3n) is 4.93. The van der Waals surface area contributed by atoms with Crippen LogP contribution in [0, 0.1) is 0 Å². The highest BCUT2D eigenvalue weighted by atomic mass is 32.2. The molecule has 1 aromatic rings. The summed E-state index contributed by atoms with van der Waals surface area (Å²) in [5, 5.41) is 0. The molecule has 3 rings (SSSR count). The van der Waals surface area contributed by atoms with Gasteiger partial charge in [-0.1, -0.05) is 42.5 Å². The maximum Gasteiger partial charge on any atom is 0.152 e. The average molecular weight is 334 g/mol. The first-order valence-electron chi connectivity index (χ1n) is 8.51. The van der Waals surface area contributed by atoms with E-state index < -0.39 is 9.84 Å². The predicted molar refractivity (Wildman–Crippen MR) is 95.2 cm³/mol. The molecule has 0 radical (unpaired) electrons. The summed E-state index contributed by atoms with van der Waals surface area (Å²) >= 11 is 0. The molecule has 0 unspecified atom stereocenters. The van der Waals surface area contributed by atoms with Gasteiger partial charge >= 0.3 is 0 Å². The number of hydrogen-bond donors (Lipinski definition) is 0. The standard InChI is InChI=1S/C18H26N2O2S/c21-23(22)15-13-20(14-16-23)18-8-11-19(12-9-18)10-4-7-17-5-2-1-3-6-17/h1-7,18H,8-16H2. The number of piperidine rings is 1. The Morgan fingerprint density at radius 3 is 2.30 bits per heavy atom. The average Bonchev–Trinajstić information content (AvgIpc) is 2.57. The molecule has 2 aliphatic rings. The lowest BCUT2D eigenvalue weighted by Gasteiger charge is -2.39. The molecule has 1 aromatic carbocycles. The molecule has 4 nitrogen and oxygen atoms in total. The first-order valence-corrected chi connectivity index (χ1v) is 10.3. The third kappa shape index (κ3) is 4.90. The van der Waals surface area contributed by atoms with Crippen LogP contribution in [0.1, 0.15) is 18.4 Å². The molecule has 0 N–H and O–H groups in total. The number of benzene rings is 1.